The summed E-state index contributed by atoms with van der Waals surface area (Å²) in [6.07, 6.45) is 2.13. The molecule has 1 unspecified atom stereocenters. The Morgan fingerprint density at radius 2 is 1.71 bits per heavy atom. The van der Waals surface area contributed by atoms with Crippen LogP contribution in [0.4, 0.5) is 0 Å². The fourth-order valence-corrected chi connectivity index (χ4v) is 3.83. The number of ether oxygens (including phenoxy) is 1. The van der Waals surface area contributed by atoms with E-state index in [9.17, 15) is 4.79 Å². The lowest BCUT2D eigenvalue weighted by Crippen LogP contribution is -3.15. The molecule has 1 aromatic heterocycles. The summed E-state index contributed by atoms with van der Waals surface area (Å²) in [5.41, 5.74) is 4.81. The maximum absolute atomic E-state index is 12.6. The molecule has 4 heteroatoms. The van der Waals surface area contributed by atoms with Crippen LogP contribution in [0.5, 0.6) is 0 Å². The van der Waals surface area contributed by atoms with Crippen molar-refractivity contribution in [1.82, 2.24) is 4.57 Å². The molecule has 4 nitrogen and oxygen atoms in total. The highest BCUT2D eigenvalue weighted by molar-refractivity contribution is 5.70. The summed E-state index contributed by atoms with van der Waals surface area (Å²) in [7, 11) is 0. The SMILES string of the molecule is Cc1cccc(Cn2cccc2C[NH+](CC(=O)OCc2ccccc2)[C@H](C)C(C)C)c1. The van der Waals surface area contributed by atoms with Crippen molar-refractivity contribution in [3.8, 4) is 0 Å². The molecule has 0 saturated carbocycles. The van der Waals surface area contributed by atoms with Crippen molar-refractivity contribution < 1.29 is 14.4 Å². The first-order valence-electron chi connectivity index (χ1n) is 11.2. The lowest BCUT2D eigenvalue weighted by atomic mass is 10.0. The number of esters is 1. The minimum Gasteiger partial charge on any atom is -0.457 e. The zero-order valence-electron chi connectivity index (χ0n) is 19.2. The summed E-state index contributed by atoms with van der Waals surface area (Å²) in [6.45, 7) is 11.1. The van der Waals surface area contributed by atoms with Crippen LogP contribution < -0.4 is 4.90 Å². The number of benzene rings is 2. The lowest BCUT2D eigenvalue weighted by Gasteiger charge is -2.28. The second-order valence-corrected chi connectivity index (χ2v) is 8.81. The second-order valence-electron chi connectivity index (χ2n) is 8.81. The first-order chi connectivity index (χ1) is 14.9. The van der Waals surface area contributed by atoms with Crippen LogP contribution in [0, 0.1) is 12.8 Å². The molecule has 2 atom stereocenters. The van der Waals surface area contributed by atoms with Gasteiger partial charge in [-0.25, -0.2) is 4.79 Å². The number of nitrogens with zero attached hydrogens (tertiary/aromatic N) is 1. The summed E-state index contributed by atoms with van der Waals surface area (Å²) in [6, 6.07) is 23.1. The fourth-order valence-electron chi connectivity index (χ4n) is 3.83. The Balaban J connectivity index is 1.67. The topological polar surface area (TPSA) is 35.7 Å². The zero-order chi connectivity index (χ0) is 22.2. The zero-order valence-corrected chi connectivity index (χ0v) is 19.2. The molecule has 2 aromatic carbocycles. The largest absolute Gasteiger partial charge is 0.457 e. The molecule has 0 radical (unpaired) electrons. The summed E-state index contributed by atoms with van der Waals surface area (Å²) in [5, 5.41) is 0. The van der Waals surface area contributed by atoms with Gasteiger partial charge >= 0.3 is 5.97 Å². The highest BCUT2D eigenvalue weighted by atomic mass is 16.5. The standard InChI is InChI=1S/C27H34N2O2/c1-21(2)23(4)29(19-27(30)31-20-24-11-6-5-7-12-24)18-26-14-9-15-28(26)17-25-13-8-10-22(3)16-25/h5-16,21,23H,17-20H2,1-4H3/p+1/t23-/m1/s1. The van der Waals surface area contributed by atoms with Gasteiger partial charge in [-0.2, -0.15) is 0 Å². The number of nitrogens with one attached hydrogen (secondary N) is 1. The van der Waals surface area contributed by atoms with Gasteiger partial charge in [0.05, 0.1) is 11.7 Å². The van der Waals surface area contributed by atoms with Gasteiger partial charge in [0.15, 0.2) is 6.54 Å². The van der Waals surface area contributed by atoms with Gasteiger partial charge in [0.1, 0.15) is 13.2 Å². The van der Waals surface area contributed by atoms with Crippen molar-refractivity contribution in [1.29, 1.82) is 0 Å². The average Bonchev–Trinajstić information content (AvgIpc) is 3.18. The van der Waals surface area contributed by atoms with Crippen LogP contribution in [0.15, 0.2) is 72.9 Å². The van der Waals surface area contributed by atoms with Crippen LogP contribution in [0.3, 0.4) is 0 Å². The van der Waals surface area contributed by atoms with Gasteiger partial charge < -0.3 is 14.2 Å². The first-order valence-corrected chi connectivity index (χ1v) is 11.2. The van der Waals surface area contributed by atoms with Crippen molar-refractivity contribution in [2.45, 2.75) is 53.4 Å². The molecule has 1 N–H and O–H groups in total. The van der Waals surface area contributed by atoms with Gasteiger partial charge in [-0.05, 0) is 37.1 Å². The van der Waals surface area contributed by atoms with Crippen LogP contribution >= 0.6 is 0 Å². The Hall–Kier alpha value is -2.85. The summed E-state index contributed by atoms with van der Waals surface area (Å²) in [5.74, 6) is 0.320. The molecule has 3 rings (SSSR count). The van der Waals surface area contributed by atoms with E-state index in [1.54, 1.807) is 0 Å². The van der Waals surface area contributed by atoms with E-state index >= 15 is 0 Å². The number of hydrogen-bond donors (Lipinski definition) is 1. The van der Waals surface area contributed by atoms with Gasteiger partial charge in [-0.1, -0.05) is 74.0 Å². The maximum atomic E-state index is 12.6. The number of aryl methyl sites for hydroxylation is 1. The van der Waals surface area contributed by atoms with Crippen molar-refractivity contribution in [3.63, 3.8) is 0 Å². The molecule has 0 aliphatic rings. The van der Waals surface area contributed by atoms with Gasteiger partial charge in [0.2, 0.25) is 0 Å². The molecule has 0 fully saturated rings. The minimum absolute atomic E-state index is 0.150. The predicted octanol–water partition coefficient (Wildman–Crippen LogP) is 4.02. The molecule has 164 valence electrons. The Morgan fingerprint density at radius 3 is 2.42 bits per heavy atom. The van der Waals surface area contributed by atoms with Gasteiger partial charge in [-0.15, -0.1) is 0 Å². The summed E-state index contributed by atoms with van der Waals surface area (Å²) >= 11 is 0. The number of quaternary nitrogens is 1. The van der Waals surface area contributed by atoms with Crippen LogP contribution in [-0.4, -0.2) is 23.1 Å². The van der Waals surface area contributed by atoms with E-state index in [1.807, 2.05) is 30.3 Å². The smallest absolute Gasteiger partial charge is 0.362 e. The lowest BCUT2D eigenvalue weighted by molar-refractivity contribution is -0.933. The third-order valence-electron chi connectivity index (χ3n) is 6.03. The minimum atomic E-state index is -0.150. The summed E-state index contributed by atoms with van der Waals surface area (Å²) in [4.78, 5) is 13.9. The van der Waals surface area contributed by atoms with E-state index in [1.165, 1.54) is 21.7 Å². The third-order valence-corrected chi connectivity index (χ3v) is 6.03. The Labute approximate surface area is 186 Å². The highest BCUT2D eigenvalue weighted by Gasteiger charge is 2.25. The molecular weight excluding hydrogens is 384 g/mol. The van der Waals surface area contributed by atoms with Crippen LogP contribution in [-0.2, 0) is 29.2 Å². The number of carbonyl (C=O) groups is 1. The molecule has 1 heterocycles. The molecular formula is C27H35N2O2+. The van der Waals surface area contributed by atoms with E-state index in [0.717, 1.165) is 18.7 Å². The predicted molar refractivity (Wildman–Crippen MR) is 125 cm³/mol. The van der Waals surface area contributed by atoms with Gasteiger partial charge in [0.25, 0.3) is 0 Å². The Morgan fingerprint density at radius 1 is 0.968 bits per heavy atom. The molecule has 3 aromatic rings. The molecule has 0 aliphatic carbocycles. The van der Waals surface area contributed by atoms with Crippen LogP contribution in [0.1, 0.15) is 43.2 Å². The Kier molecular flexibility index (Phi) is 8.07. The maximum Gasteiger partial charge on any atom is 0.362 e. The van der Waals surface area contributed by atoms with E-state index in [2.05, 4.69) is 74.9 Å². The quantitative estimate of drug-likeness (QED) is 0.504. The molecule has 0 spiro atoms. The number of hydrogen-bond acceptors (Lipinski definition) is 2. The normalized spacial score (nSPS) is 13.2. The summed E-state index contributed by atoms with van der Waals surface area (Å²) < 4.78 is 7.87. The van der Waals surface area contributed by atoms with Crippen molar-refractivity contribution >= 4 is 5.97 Å². The van der Waals surface area contributed by atoms with Crippen LogP contribution in [0.25, 0.3) is 0 Å². The highest BCUT2D eigenvalue weighted by Crippen LogP contribution is 2.10. The molecule has 31 heavy (non-hydrogen) atoms. The van der Waals surface area contributed by atoms with Crippen molar-refractivity contribution in [2.75, 3.05) is 6.54 Å². The fraction of sp³-hybridized carbons (Fsp3) is 0.370. The van der Waals surface area contributed by atoms with E-state index in [4.69, 9.17) is 4.74 Å². The van der Waals surface area contributed by atoms with E-state index in [-0.39, 0.29) is 5.97 Å². The molecule has 0 bridgehead atoms. The third kappa shape index (κ3) is 6.83. The second kappa shape index (κ2) is 11.0. The molecule has 0 aliphatic heterocycles. The van der Waals surface area contributed by atoms with Crippen LogP contribution in [0.2, 0.25) is 0 Å². The number of aromatic nitrogens is 1. The Bertz CT molecular complexity index is 962. The number of carbonyl (C=O) groups excluding carboxylic acids is 1. The van der Waals surface area contributed by atoms with Gasteiger partial charge in [0, 0.05) is 18.7 Å². The van der Waals surface area contributed by atoms with E-state index < -0.39 is 0 Å². The van der Waals surface area contributed by atoms with Gasteiger partial charge in [-0.3, -0.25) is 0 Å². The first kappa shape index (κ1) is 22.8. The number of rotatable bonds is 10. The van der Waals surface area contributed by atoms with E-state index in [0.29, 0.717) is 25.1 Å². The average molecular weight is 420 g/mol. The van der Waals surface area contributed by atoms with Crippen molar-refractivity contribution in [3.05, 3.63) is 95.3 Å². The molecule has 0 saturated heterocycles. The molecule has 0 amide bonds. The monoisotopic (exact) mass is 419 g/mol. The van der Waals surface area contributed by atoms with Crippen molar-refractivity contribution in [2.24, 2.45) is 5.92 Å².